The Labute approximate surface area is 120 Å². The van der Waals surface area contributed by atoms with E-state index in [1.165, 1.54) is 43.2 Å². The minimum absolute atomic E-state index is 0.275. The molecular formula is C17H24O3. The first-order valence-corrected chi connectivity index (χ1v) is 7.58. The van der Waals surface area contributed by atoms with Gasteiger partial charge in [-0.3, -0.25) is 0 Å². The molecule has 0 amide bonds. The molecule has 0 aromatic heterocycles. The van der Waals surface area contributed by atoms with Crippen molar-refractivity contribution in [1.82, 2.24) is 0 Å². The van der Waals surface area contributed by atoms with Crippen LogP contribution in [-0.4, -0.2) is 22.3 Å². The average Bonchev–Trinajstić information content (AvgIpc) is 2.45. The molecule has 0 bridgehead atoms. The van der Waals surface area contributed by atoms with Crippen LogP contribution < -0.4 is 0 Å². The number of aliphatic hydroxyl groups is 1. The first-order valence-electron chi connectivity index (χ1n) is 7.58. The zero-order valence-electron chi connectivity index (χ0n) is 12.1. The molecule has 1 unspecified atom stereocenters. The van der Waals surface area contributed by atoms with Crippen LogP contribution in [0.15, 0.2) is 18.2 Å². The van der Waals surface area contributed by atoms with Crippen molar-refractivity contribution < 1.29 is 15.0 Å². The number of carboxylic acid groups (broad SMARTS) is 1. The summed E-state index contributed by atoms with van der Waals surface area (Å²) in [7, 11) is 0. The molecule has 0 radical (unpaired) electrons. The van der Waals surface area contributed by atoms with Crippen LogP contribution >= 0.6 is 0 Å². The summed E-state index contributed by atoms with van der Waals surface area (Å²) >= 11 is 0. The van der Waals surface area contributed by atoms with Gasteiger partial charge in [0, 0.05) is 0 Å². The summed E-state index contributed by atoms with van der Waals surface area (Å²) in [6.07, 6.45) is 6.23. The first-order chi connectivity index (χ1) is 9.58. The lowest BCUT2D eigenvalue weighted by atomic mass is 9.82. The van der Waals surface area contributed by atoms with Crippen molar-refractivity contribution >= 4 is 5.97 Å². The standard InChI is InChI=1S/C17H24O3/c1-12-11-13(8-10-16(18)17(19)20)7-9-15(12)14-5-3-2-4-6-14/h7,9,11,14,16,18H,2-6,8,10H2,1H3,(H,19,20). The van der Waals surface area contributed by atoms with Crippen LogP contribution in [-0.2, 0) is 11.2 Å². The van der Waals surface area contributed by atoms with Gasteiger partial charge in [-0.15, -0.1) is 0 Å². The second-order valence-electron chi connectivity index (χ2n) is 5.92. The van der Waals surface area contributed by atoms with Gasteiger partial charge >= 0.3 is 5.97 Å². The third-order valence-electron chi connectivity index (χ3n) is 4.37. The van der Waals surface area contributed by atoms with Gasteiger partial charge in [-0.2, -0.15) is 0 Å². The summed E-state index contributed by atoms with van der Waals surface area (Å²) in [5.41, 5.74) is 3.87. The molecule has 2 N–H and O–H groups in total. The van der Waals surface area contributed by atoms with Gasteiger partial charge in [0.25, 0.3) is 0 Å². The summed E-state index contributed by atoms with van der Waals surface area (Å²) in [6.45, 7) is 2.14. The summed E-state index contributed by atoms with van der Waals surface area (Å²) in [5.74, 6) is -0.442. The number of aliphatic hydroxyl groups excluding tert-OH is 1. The van der Waals surface area contributed by atoms with E-state index in [9.17, 15) is 9.90 Å². The van der Waals surface area contributed by atoms with E-state index in [0.717, 1.165) is 5.56 Å². The molecule has 1 atom stereocenters. The average molecular weight is 276 g/mol. The quantitative estimate of drug-likeness (QED) is 0.866. The largest absolute Gasteiger partial charge is 0.479 e. The summed E-state index contributed by atoms with van der Waals surface area (Å²) in [5, 5.41) is 18.0. The molecule has 3 heteroatoms. The van der Waals surface area contributed by atoms with Crippen molar-refractivity contribution in [3.8, 4) is 0 Å². The Morgan fingerprint density at radius 2 is 2.00 bits per heavy atom. The summed E-state index contributed by atoms with van der Waals surface area (Å²) in [4.78, 5) is 10.6. The van der Waals surface area contributed by atoms with E-state index in [1.807, 2.05) is 0 Å². The zero-order chi connectivity index (χ0) is 14.5. The maximum Gasteiger partial charge on any atom is 0.332 e. The maximum absolute atomic E-state index is 10.6. The Balaban J connectivity index is 2.00. The molecule has 3 nitrogen and oxygen atoms in total. The molecule has 1 aliphatic rings. The number of aryl methyl sites for hydroxylation is 2. The maximum atomic E-state index is 10.6. The lowest BCUT2D eigenvalue weighted by Gasteiger charge is -2.24. The van der Waals surface area contributed by atoms with E-state index in [1.54, 1.807) is 0 Å². The smallest absolute Gasteiger partial charge is 0.332 e. The van der Waals surface area contributed by atoms with Gasteiger partial charge in [0.15, 0.2) is 6.10 Å². The molecule has 0 spiro atoms. The van der Waals surface area contributed by atoms with Gasteiger partial charge in [-0.05, 0) is 55.2 Å². The molecule has 0 aliphatic heterocycles. The molecule has 0 saturated heterocycles. The van der Waals surface area contributed by atoms with Crippen molar-refractivity contribution in [2.45, 2.75) is 63.9 Å². The van der Waals surface area contributed by atoms with Crippen molar-refractivity contribution in [3.63, 3.8) is 0 Å². The number of benzene rings is 1. The normalized spacial score (nSPS) is 17.9. The molecule has 20 heavy (non-hydrogen) atoms. The molecule has 2 rings (SSSR count). The van der Waals surface area contributed by atoms with E-state index in [-0.39, 0.29) is 6.42 Å². The minimum atomic E-state index is -1.26. The topological polar surface area (TPSA) is 57.5 Å². The number of hydrogen-bond acceptors (Lipinski definition) is 2. The Bertz CT molecular complexity index is 461. The van der Waals surface area contributed by atoms with Gasteiger partial charge < -0.3 is 10.2 Å². The predicted molar refractivity (Wildman–Crippen MR) is 79.0 cm³/mol. The SMILES string of the molecule is Cc1cc(CCC(O)C(=O)O)ccc1C1CCCCC1. The molecule has 1 saturated carbocycles. The fourth-order valence-corrected chi connectivity index (χ4v) is 3.19. The van der Waals surface area contributed by atoms with Crippen LogP contribution in [0.4, 0.5) is 0 Å². The highest BCUT2D eigenvalue weighted by Crippen LogP contribution is 2.34. The second kappa shape index (κ2) is 6.89. The monoisotopic (exact) mass is 276 g/mol. The van der Waals surface area contributed by atoms with E-state index >= 15 is 0 Å². The molecule has 1 aromatic rings. The number of rotatable bonds is 5. The number of carboxylic acids is 1. The highest BCUT2D eigenvalue weighted by Gasteiger charge is 2.18. The van der Waals surface area contributed by atoms with E-state index in [4.69, 9.17) is 5.11 Å². The fourth-order valence-electron chi connectivity index (χ4n) is 3.19. The van der Waals surface area contributed by atoms with E-state index in [0.29, 0.717) is 12.3 Å². The van der Waals surface area contributed by atoms with Crippen LogP contribution in [0.2, 0.25) is 0 Å². The van der Waals surface area contributed by atoms with Crippen molar-refractivity contribution in [1.29, 1.82) is 0 Å². The van der Waals surface area contributed by atoms with Crippen molar-refractivity contribution in [3.05, 3.63) is 34.9 Å². The van der Waals surface area contributed by atoms with Gasteiger partial charge in [0.05, 0.1) is 0 Å². The molecular weight excluding hydrogens is 252 g/mol. The van der Waals surface area contributed by atoms with Crippen LogP contribution in [0.25, 0.3) is 0 Å². The predicted octanol–water partition coefficient (Wildman–Crippen LogP) is 3.42. The second-order valence-corrected chi connectivity index (χ2v) is 5.92. The van der Waals surface area contributed by atoms with Gasteiger partial charge in [0.2, 0.25) is 0 Å². The van der Waals surface area contributed by atoms with Gasteiger partial charge in [-0.1, -0.05) is 37.5 Å². The highest BCUT2D eigenvalue weighted by atomic mass is 16.4. The zero-order valence-corrected chi connectivity index (χ0v) is 12.1. The Morgan fingerprint density at radius 1 is 1.30 bits per heavy atom. The molecule has 1 fully saturated rings. The third kappa shape index (κ3) is 3.83. The Morgan fingerprint density at radius 3 is 2.60 bits per heavy atom. The Kier molecular flexibility index (Phi) is 5.18. The molecule has 1 aliphatic carbocycles. The molecule has 0 heterocycles. The summed E-state index contributed by atoms with van der Waals surface area (Å²) in [6, 6.07) is 6.44. The number of carbonyl (C=O) groups is 1. The van der Waals surface area contributed by atoms with Crippen LogP contribution in [0.3, 0.4) is 0 Å². The van der Waals surface area contributed by atoms with Crippen LogP contribution in [0, 0.1) is 6.92 Å². The lowest BCUT2D eigenvalue weighted by Crippen LogP contribution is -2.19. The van der Waals surface area contributed by atoms with Crippen LogP contribution in [0.5, 0.6) is 0 Å². The Hall–Kier alpha value is -1.35. The van der Waals surface area contributed by atoms with Gasteiger partial charge in [-0.25, -0.2) is 4.79 Å². The fraction of sp³-hybridized carbons (Fsp3) is 0.588. The number of hydrogen-bond donors (Lipinski definition) is 2. The van der Waals surface area contributed by atoms with Crippen molar-refractivity contribution in [2.24, 2.45) is 0 Å². The van der Waals surface area contributed by atoms with E-state index < -0.39 is 12.1 Å². The molecule has 1 aromatic carbocycles. The highest BCUT2D eigenvalue weighted by molar-refractivity contribution is 5.71. The van der Waals surface area contributed by atoms with E-state index in [2.05, 4.69) is 25.1 Å². The summed E-state index contributed by atoms with van der Waals surface area (Å²) < 4.78 is 0. The van der Waals surface area contributed by atoms with Crippen molar-refractivity contribution in [2.75, 3.05) is 0 Å². The first kappa shape index (κ1) is 15.0. The van der Waals surface area contributed by atoms with Crippen LogP contribution in [0.1, 0.15) is 61.1 Å². The number of aliphatic carboxylic acids is 1. The molecule has 110 valence electrons. The minimum Gasteiger partial charge on any atom is -0.479 e. The lowest BCUT2D eigenvalue weighted by molar-refractivity contribution is -0.146. The van der Waals surface area contributed by atoms with Gasteiger partial charge in [0.1, 0.15) is 0 Å². The third-order valence-corrected chi connectivity index (χ3v) is 4.37.